The Hall–Kier alpha value is -0.170. The minimum absolute atomic E-state index is 0.0252. The molecule has 0 radical (unpaired) electrons. The first-order valence-corrected chi connectivity index (χ1v) is 6.49. The summed E-state index contributed by atoms with van der Waals surface area (Å²) in [6, 6.07) is 0. The van der Waals surface area contributed by atoms with E-state index < -0.39 is 10.0 Å². The Balaban J connectivity index is 3.23. The van der Waals surface area contributed by atoms with Crippen LogP contribution >= 0.6 is 0 Å². The maximum Gasteiger partial charge on any atom is 0.210 e. The number of rotatable bonds is 8. The molecule has 0 aromatic carbocycles. The van der Waals surface area contributed by atoms with Crippen LogP contribution in [0.3, 0.4) is 0 Å². The Kier molecular flexibility index (Phi) is 7.08. The zero-order chi connectivity index (χ0) is 11.0. The average Bonchev–Trinajstić information content (AvgIpc) is 2.08. The molecule has 6 heteroatoms. The van der Waals surface area contributed by atoms with E-state index in [-0.39, 0.29) is 12.4 Å². The van der Waals surface area contributed by atoms with Gasteiger partial charge in [-0.25, -0.2) is 13.6 Å². The number of hydrogen-bond donors (Lipinski definition) is 3. The third kappa shape index (κ3) is 9.91. The highest BCUT2D eigenvalue weighted by atomic mass is 32.2. The number of hydrogen-bond acceptors (Lipinski definition) is 4. The van der Waals surface area contributed by atoms with Crippen molar-refractivity contribution in [2.75, 3.05) is 25.4 Å². The number of aliphatic hydroxyl groups excluding tert-OH is 1. The topological polar surface area (TPSA) is 92.4 Å². The normalized spacial score (nSPS) is 14.2. The summed E-state index contributed by atoms with van der Waals surface area (Å²) in [5.41, 5.74) is 0. The molecule has 1 unspecified atom stereocenters. The molecule has 0 saturated heterocycles. The summed E-state index contributed by atoms with van der Waals surface area (Å²) in [7, 11) is -3.33. The van der Waals surface area contributed by atoms with Crippen LogP contribution in [-0.2, 0) is 10.0 Å². The minimum atomic E-state index is -3.33. The van der Waals surface area contributed by atoms with Crippen molar-refractivity contribution in [2.45, 2.75) is 19.8 Å². The SMILES string of the molecule is CC(CO)CCCNCCS(N)(=O)=O. The van der Waals surface area contributed by atoms with E-state index in [9.17, 15) is 8.42 Å². The standard InChI is InChI=1S/C8H20N2O3S/c1-8(7-11)3-2-4-10-5-6-14(9,12)13/h8,10-11H,2-7H2,1H3,(H2,9,12,13). The van der Waals surface area contributed by atoms with Gasteiger partial charge in [0.15, 0.2) is 0 Å². The molecular formula is C8H20N2O3S. The molecule has 0 rings (SSSR count). The van der Waals surface area contributed by atoms with E-state index >= 15 is 0 Å². The molecule has 0 amide bonds. The van der Waals surface area contributed by atoms with Gasteiger partial charge < -0.3 is 10.4 Å². The van der Waals surface area contributed by atoms with E-state index in [0.717, 1.165) is 19.4 Å². The Bertz CT molecular complexity index is 229. The Morgan fingerprint density at radius 1 is 1.43 bits per heavy atom. The van der Waals surface area contributed by atoms with Gasteiger partial charge in [0, 0.05) is 13.2 Å². The van der Waals surface area contributed by atoms with Gasteiger partial charge in [-0.05, 0) is 25.3 Å². The summed E-state index contributed by atoms with van der Waals surface area (Å²) in [4.78, 5) is 0. The van der Waals surface area contributed by atoms with Crippen molar-refractivity contribution in [2.24, 2.45) is 11.1 Å². The molecule has 14 heavy (non-hydrogen) atoms. The molecule has 0 aliphatic carbocycles. The quantitative estimate of drug-likeness (QED) is 0.474. The van der Waals surface area contributed by atoms with Crippen molar-refractivity contribution < 1.29 is 13.5 Å². The molecule has 1 atom stereocenters. The fourth-order valence-corrected chi connectivity index (χ4v) is 1.44. The van der Waals surface area contributed by atoms with Gasteiger partial charge in [-0.1, -0.05) is 6.92 Å². The zero-order valence-electron chi connectivity index (χ0n) is 8.57. The predicted octanol–water partition coefficient (Wildman–Crippen LogP) is -0.727. The van der Waals surface area contributed by atoms with Crippen molar-refractivity contribution in [3.8, 4) is 0 Å². The van der Waals surface area contributed by atoms with E-state index in [0.29, 0.717) is 12.5 Å². The number of nitrogens with two attached hydrogens (primary N) is 1. The van der Waals surface area contributed by atoms with E-state index in [2.05, 4.69) is 5.32 Å². The maximum atomic E-state index is 10.5. The Labute approximate surface area is 85.7 Å². The molecule has 0 heterocycles. The van der Waals surface area contributed by atoms with Gasteiger partial charge in [-0.2, -0.15) is 0 Å². The fourth-order valence-electron chi connectivity index (χ4n) is 1.01. The van der Waals surface area contributed by atoms with Crippen LogP contribution in [0.5, 0.6) is 0 Å². The molecule has 0 bridgehead atoms. The summed E-state index contributed by atoms with van der Waals surface area (Å²) in [6.45, 7) is 3.34. The van der Waals surface area contributed by atoms with Crippen LogP contribution in [0, 0.1) is 5.92 Å². The lowest BCUT2D eigenvalue weighted by Gasteiger charge is -2.07. The highest BCUT2D eigenvalue weighted by Gasteiger charge is 2.01. The first kappa shape index (κ1) is 13.8. The van der Waals surface area contributed by atoms with E-state index in [1.807, 2.05) is 6.92 Å². The molecule has 0 aromatic heterocycles. The zero-order valence-corrected chi connectivity index (χ0v) is 9.39. The summed E-state index contributed by atoms with van der Waals surface area (Å²) < 4.78 is 21.0. The molecule has 4 N–H and O–H groups in total. The van der Waals surface area contributed by atoms with E-state index in [4.69, 9.17) is 10.2 Å². The van der Waals surface area contributed by atoms with Crippen molar-refractivity contribution >= 4 is 10.0 Å². The van der Waals surface area contributed by atoms with Crippen molar-refractivity contribution in [3.63, 3.8) is 0 Å². The predicted molar refractivity (Wildman–Crippen MR) is 56.3 cm³/mol. The van der Waals surface area contributed by atoms with Crippen LogP contribution in [-0.4, -0.2) is 39.0 Å². The molecule has 0 aliphatic rings. The van der Waals surface area contributed by atoms with Crippen LogP contribution in [0.25, 0.3) is 0 Å². The summed E-state index contributed by atoms with van der Waals surface area (Å²) in [5, 5.41) is 16.5. The van der Waals surface area contributed by atoms with Gasteiger partial charge in [0.2, 0.25) is 10.0 Å². The molecular weight excluding hydrogens is 204 g/mol. The molecule has 0 aliphatic heterocycles. The van der Waals surface area contributed by atoms with E-state index in [1.54, 1.807) is 0 Å². The van der Waals surface area contributed by atoms with Gasteiger partial charge >= 0.3 is 0 Å². The number of nitrogens with one attached hydrogen (secondary N) is 1. The third-order valence-electron chi connectivity index (χ3n) is 1.93. The fraction of sp³-hybridized carbons (Fsp3) is 1.00. The first-order valence-electron chi connectivity index (χ1n) is 4.77. The Morgan fingerprint density at radius 2 is 2.07 bits per heavy atom. The molecule has 0 saturated carbocycles. The molecule has 5 nitrogen and oxygen atoms in total. The number of aliphatic hydroxyl groups is 1. The molecule has 0 aromatic rings. The smallest absolute Gasteiger partial charge is 0.210 e. The summed E-state index contributed by atoms with van der Waals surface area (Å²) >= 11 is 0. The monoisotopic (exact) mass is 224 g/mol. The van der Waals surface area contributed by atoms with Crippen LogP contribution in [0.2, 0.25) is 0 Å². The van der Waals surface area contributed by atoms with Crippen LogP contribution < -0.4 is 10.5 Å². The van der Waals surface area contributed by atoms with Gasteiger partial charge in [0.1, 0.15) is 0 Å². The number of sulfonamides is 1. The highest BCUT2D eigenvalue weighted by Crippen LogP contribution is 2.02. The minimum Gasteiger partial charge on any atom is -0.396 e. The lowest BCUT2D eigenvalue weighted by atomic mass is 10.1. The third-order valence-corrected chi connectivity index (χ3v) is 2.70. The molecule has 0 fully saturated rings. The summed E-state index contributed by atoms with van der Waals surface area (Å²) in [5.74, 6) is 0.290. The second-order valence-electron chi connectivity index (χ2n) is 3.55. The van der Waals surface area contributed by atoms with Crippen molar-refractivity contribution in [1.82, 2.24) is 5.32 Å². The lowest BCUT2D eigenvalue weighted by molar-refractivity contribution is 0.228. The first-order chi connectivity index (χ1) is 6.45. The van der Waals surface area contributed by atoms with Gasteiger partial charge in [-0.15, -0.1) is 0 Å². The van der Waals surface area contributed by atoms with Crippen LogP contribution in [0.4, 0.5) is 0 Å². The second kappa shape index (κ2) is 7.17. The van der Waals surface area contributed by atoms with Crippen LogP contribution in [0.1, 0.15) is 19.8 Å². The second-order valence-corrected chi connectivity index (χ2v) is 5.28. The Morgan fingerprint density at radius 3 is 2.57 bits per heavy atom. The number of primary sulfonamides is 1. The largest absolute Gasteiger partial charge is 0.396 e. The van der Waals surface area contributed by atoms with Gasteiger partial charge in [0.25, 0.3) is 0 Å². The van der Waals surface area contributed by atoms with Crippen molar-refractivity contribution in [1.29, 1.82) is 0 Å². The van der Waals surface area contributed by atoms with Gasteiger partial charge in [-0.3, -0.25) is 0 Å². The molecule has 0 spiro atoms. The highest BCUT2D eigenvalue weighted by molar-refractivity contribution is 7.89. The maximum absolute atomic E-state index is 10.5. The lowest BCUT2D eigenvalue weighted by Crippen LogP contribution is -2.27. The summed E-state index contributed by atoms with van der Waals surface area (Å²) in [6.07, 6.45) is 1.88. The van der Waals surface area contributed by atoms with Gasteiger partial charge in [0.05, 0.1) is 5.75 Å². The van der Waals surface area contributed by atoms with Crippen molar-refractivity contribution in [3.05, 3.63) is 0 Å². The van der Waals surface area contributed by atoms with E-state index in [1.165, 1.54) is 0 Å². The molecule has 86 valence electrons. The van der Waals surface area contributed by atoms with Crippen LogP contribution in [0.15, 0.2) is 0 Å². The average molecular weight is 224 g/mol.